The third-order valence-electron chi connectivity index (χ3n) is 2.28. The number of carbonyl (C=O) groups is 2. The Morgan fingerprint density at radius 3 is 2.00 bits per heavy atom. The minimum absolute atomic E-state index is 0.0533. The van der Waals surface area contributed by atoms with Gasteiger partial charge >= 0.3 is 11.9 Å². The first-order valence-corrected chi connectivity index (χ1v) is 6.36. The van der Waals surface area contributed by atoms with Crippen LogP contribution in [0.3, 0.4) is 0 Å². The van der Waals surface area contributed by atoms with Gasteiger partial charge in [0.2, 0.25) is 0 Å². The normalized spacial score (nSPS) is 14.6. The van der Waals surface area contributed by atoms with E-state index in [1.165, 1.54) is 13.8 Å². The molecule has 0 fully saturated rings. The van der Waals surface area contributed by atoms with Crippen molar-refractivity contribution in [2.45, 2.75) is 64.8 Å². The topological polar surface area (TPSA) is 93.1 Å². The second-order valence-corrected chi connectivity index (χ2v) is 5.31. The molecule has 0 saturated heterocycles. The van der Waals surface area contributed by atoms with Crippen LogP contribution in [0.25, 0.3) is 0 Å². The fraction of sp³-hybridized carbons (Fsp3) is 0.846. The molecule has 112 valence electrons. The average Bonchev–Trinajstić information content (AvgIpc) is 2.12. The van der Waals surface area contributed by atoms with Gasteiger partial charge in [-0.1, -0.05) is 0 Å². The molecule has 0 aromatic heterocycles. The summed E-state index contributed by atoms with van der Waals surface area (Å²) in [6.07, 6.45) is -1.24. The van der Waals surface area contributed by atoms with Crippen molar-refractivity contribution in [3.8, 4) is 0 Å². The van der Waals surface area contributed by atoms with Gasteiger partial charge in [0.15, 0.2) is 0 Å². The minimum atomic E-state index is -0.767. The van der Waals surface area contributed by atoms with Crippen molar-refractivity contribution in [1.29, 1.82) is 0 Å². The van der Waals surface area contributed by atoms with E-state index in [9.17, 15) is 9.59 Å². The molecule has 19 heavy (non-hydrogen) atoms. The lowest BCUT2D eigenvalue weighted by molar-refractivity contribution is -0.161. The van der Waals surface area contributed by atoms with Gasteiger partial charge in [0.05, 0.1) is 31.7 Å². The van der Waals surface area contributed by atoms with Crippen molar-refractivity contribution in [2.75, 3.05) is 6.61 Å². The van der Waals surface area contributed by atoms with Crippen molar-refractivity contribution in [1.82, 2.24) is 0 Å². The maximum absolute atomic E-state index is 11.4. The highest BCUT2D eigenvalue weighted by molar-refractivity contribution is 5.70. The van der Waals surface area contributed by atoms with Gasteiger partial charge in [-0.15, -0.1) is 0 Å². The van der Waals surface area contributed by atoms with Crippen molar-refractivity contribution >= 4 is 11.9 Å². The van der Waals surface area contributed by atoms with Crippen LogP contribution < -0.4 is 0 Å². The fourth-order valence-electron chi connectivity index (χ4n) is 1.35. The molecule has 0 spiro atoms. The second-order valence-electron chi connectivity index (χ2n) is 5.31. The molecule has 2 atom stereocenters. The van der Waals surface area contributed by atoms with Gasteiger partial charge in [0.25, 0.3) is 0 Å². The van der Waals surface area contributed by atoms with Crippen LogP contribution in [0.1, 0.15) is 47.0 Å². The molecule has 6 nitrogen and oxygen atoms in total. The minimum Gasteiger partial charge on any atom is -0.465 e. The predicted octanol–water partition coefficient (Wildman–Crippen LogP) is 0.783. The molecular weight excluding hydrogens is 252 g/mol. The maximum Gasteiger partial charge on any atom is 0.308 e. The molecule has 0 bridgehead atoms. The summed E-state index contributed by atoms with van der Waals surface area (Å²) in [5, 5.41) is 18.0. The van der Waals surface area contributed by atoms with Crippen LogP contribution in [0.15, 0.2) is 0 Å². The molecule has 6 heteroatoms. The molecule has 2 unspecified atom stereocenters. The number of rotatable bonds is 8. The Labute approximate surface area is 113 Å². The Hall–Kier alpha value is -1.14. The van der Waals surface area contributed by atoms with E-state index in [1.807, 2.05) is 0 Å². The van der Waals surface area contributed by atoms with E-state index in [-0.39, 0.29) is 19.4 Å². The zero-order valence-corrected chi connectivity index (χ0v) is 12.0. The molecular formula is C13H24O6. The Morgan fingerprint density at radius 2 is 1.53 bits per heavy atom. The number of aliphatic hydroxyl groups is 2. The summed E-state index contributed by atoms with van der Waals surface area (Å²) in [6, 6.07) is 0. The molecule has 0 aromatic rings. The smallest absolute Gasteiger partial charge is 0.308 e. The van der Waals surface area contributed by atoms with Crippen LogP contribution in [0.5, 0.6) is 0 Å². The molecule has 0 heterocycles. The first-order chi connectivity index (χ1) is 8.62. The summed E-state index contributed by atoms with van der Waals surface area (Å²) in [5.74, 6) is -0.976. The van der Waals surface area contributed by atoms with Crippen LogP contribution in [-0.4, -0.2) is 46.6 Å². The molecule has 0 saturated carbocycles. The van der Waals surface area contributed by atoms with E-state index < -0.39 is 29.7 Å². The number of carbonyl (C=O) groups excluding carboxylic acids is 2. The van der Waals surface area contributed by atoms with Crippen LogP contribution >= 0.6 is 0 Å². The number of hydrogen-bond acceptors (Lipinski definition) is 6. The summed E-state index contributed by atoms with van der Waals surface area (Å²) in [4.78, 5) is 22.6. The number of esters is 2. The van der Waals surface area contributed by atoms with Crippen molar-refractivity contribution in [3.63, 3.8) is 0 Å². The van der Waals surface area contributed by atoms with Gasteiger partial charge in [-0.05, 0) is 27.7 Å². The molecule has 0 amide bonds. The summed E-state index contributed by atoms with van der Waals surface area (Å²) < 4.78 is 10.1. The zero-order valence-electron chi connectivity index (χ0n) is 12.0. The van der Waals surface area contributed by atoms with Gasteiger partial charge in [0.1, 0.15) is 5.60 Å². The number of ether oxygens (including phenoxy) is 2. The lowest BCUT2D eigenvalue weighted by Crippen LogP contribution is -2.31. The molecule has 0 radical (unpaired) electrons. The lowest BCUT2D eigenvalue weighted by atomic mass is 10.1. The van der Waals surface area contributed by atoms with Crippen LogP contribution in [0.4, 0.5) is 0 Å². The summed E-state index contributed by atoms with van der Waals surface area (Å²) in [7, 11) is 0. The Morgan fingerprint density at radius 1 is 1.05 bits per heavy atom. The average molecular weight is 276 g/mol. The molecule has 0 aliphatic heterocycles. The van der Waals surface area contributed by atoms with Crippen LogP contribution in [0, 0.1) is 0 Å². The predicted molar refractivity (Wildman–Crippen MR) is 68.3 cm³/mol. The fourth-order valence-corrected chi connectivity index (χ4v) is 1.35. The number of hydrogen-bond donors (Lipinski definition) is 2. The summed E-state index contributed by atoms with van der Waals surface area (Å²) >= 11 is 0. The molecule has 0 aromatic carbocycles. The summed E-state index contributed by atoms with van der Waals surface area (Å²) in [5.41, 5.74) is -0.767. The van der Waals surface area contributed by atoms with Gasteiger partial charge in [0, 0.05) is 6.42 Å². The molecule has 0 rings (SSSR count). The highest BCUT2D eigenvalue weighted by Crippen LogP contribution is 2.16. The molecule has 0 aliphatic rings. The Bertz CT molecular complexity index is 296. The first kappa shape index (κ1) is 17.9. The van der Waals surface area contributed by atoms with Gasteiger partial charge in [-0.2, -0.15) is 0 Å². The van der Waals surface area contributed by atoms with E-state index in [0.717, 1.165) is 0 Å². The zero-order chi connectivity index (χ0) is 15.1. The van der Waals surface area contributed by atoms with Crippen LogP contribution in [0.2, 0.25) is 0 Å². The highest BCUT2D eigenvalue weighted by Gasteiger charge is 2.24. The highest BCUT2D eigenvalue weighted by atomic mass is 16.6. The lowest BCUT2D eigenvalue weighted by Gasteiger charge is -2.25. The number of aliphatic hydroxyl groups excluding tert-OH is 2. The van der Waals surface area contributed by atoms with Crippen LogP contribution in [-0.2, 0) is 19.1 Å². The molecule has 0 aliphatic carbocycles. The third-order valence-corrected chi connectivity index (χ3v) is 2.28. The van der Waals surface area contributed by atoms with E-state index in [0.29, 0.717) is 6.42 Å². The summed E-state index contributed by atoms with van der Waals surface area (Å²) in [6.45, 7) is 6.53. The van der Waals surface area contributed by atoms with Gasteiger partial charge < -0.3 is 19.7 Å². The maximum atomic E-state index is 11.4. The van der Waals surface area contributed by atoms with E-state index in [2.05, 4.69) is 0 Å². The SMILES string of the molecule is CC(O)CC(=O)OCCC(C)(C)OC(=O)CC(C)O. The van der Waals surface area contributed by atoms with E-state index >= 15 is 0 Å². The van der Waals surface area contributed by atoms with Gasteiger partial charge in [-0.3, -0.25) is 9.59 Å². The largest absolute Gasteiger partial charge is 0.465 e. The second kappa shape index (κ2) is 8.12. The monoisotopic (exact) mass is 276 g/mol. The standard InChI is InChI=1S/C13H24O6/c1-9(14)7-11(16)18-6-5-13(3,4)19-12(17)8-10(2)15/h9-10,14-15H,5-8H2,1-4H3. The first-order valence-electron chi connectivity index (χ1n) is 6.36. The third kappa shape index (κ3) is 10.5. The van der Waals surface area contributed by atoms with E-state index in [4.69, 9.17) is 19.7 Å². The van der Waals surface area contributed by atoms with E-state index in [1.54, 1.807) is 13.8 Å². The van der Waals surface area contributed by atoms with Crippen molar-refractivity contribution in [2.24, 2.45) is 0 Å². The quantitative estimate of drug-likeness (QED) is 0.636. The Kier molecular flexibility index (Phi) is 7.63. The van der Waals surface area contributed by atoms with Crippen molar-refractivity contribution < 1.29 is 29.3 Å². The van der Waals surface area contributed by atoms with Crippen molar-refractivity contribution in [3.05, 3.63) is 0 Å². The van der Waals surface area contributed by atoms with Gasteiger partial charge in [-0.25, -0.2) is 0 Å². The molecule has 2 N–H and O–H groups in total. The Balaban J connectivity index is 3.96.